The number of nitrogens with one attached hydrogen (secondary N) is 1. The lowest BCUT2D eigenvalue weighted by molar-refractivity contribution is -0.126. The Morgan fingerprint density at radius 3 is 2.80 bits per heavy atom. The predicted molar refractivity (Wildman–Crippen MR) is 54.8 cm³/mol. The molecule has 88 valence electrons. The first-order valence-electron chi connectivity index (χ1n) is 5.63. The molecule has 1 aliphatic rings. The SMILES string of the molecule is CCC(C)C(=O)NC1CCCC(F)(F)C1. The first-order chi connectivity index (χ1) is 6.94. The average Bonchev–Trinajstić information content (AvgIpc) is 2.14. The van der Waals surface area contributed by atoms with Gasteiger partial charge in [0.05, 0.1) is 0 Å². The number of alkyl halides is 2. The summed E-state index contributed by atoms with van der Waals surface area (Å²) in [6, 6.07) is -0.338. The van der Waals surface area contributed by atoms with E-state index < -0.39 is 5.92 Å². The van der Waals surface area contributed by atoms with E-state index >= 15 is 0 Å². The Hall–Kier alpha value is -0.670. The molecule has 0 aromatic rings. The third-order valence-corrected chi connectivity index (χ3v) is 3.05. The lowest BCUT2D eigenvalue weighted by Gasteiger charge is -2.30. The summed E-state index contributed by atoms with van der Waals surface area (Å²) in [5.41, 5.74) is 0. The molecule has 0 bridgehead atoms. The van der Waals surface area contributed by atoms with Gasteiger partial charge in [0.2, 0.25) is 11.8 Å². The van der Waals surface area contributed by atoms with Crippen molar-refractivity contribution in [3.8, 4) is 0 Å². The van der Waals surface area contributed by atoms with Crippen LogP contribution < -0.4 is 5.32 Å². The molecule has 2 atom stereocenters. The van der Waals surface area contributed by atoms with Gasteiger partial charge in [0.1, 0.15) is 0 Å². The molecule has 0 aromatic heterocycles. The molecular weight excluding hydrogens is 200 g/mol. The lowest BCUT2D eigenvalue weighted by Crippen LogP contribution is -2.43. The second-order valence-corrected chi connectivity index (χ2v) is 4.47. The summed E-state index contributed by atoms with van der Waals surface area (Å²) in [6.45, 7) is 3.73. The quantitative estimate of drug-likeness (QED) is 0.777. The number of rotatable bonds is 3. The van der Waals surface area contributed by atoms with Gasteiger partial charge in [-0.15, -0.1) is 0 Å². The molecule has 15 heavy (non-hydrogen) atoms. The third-order valence-electron chi connectivity index (χ3n) is 3.05. The molecule has 0 radical (unpaired) electrons. The van der Waals surface area contributed by atoms with Crippen LogP contribution in [0.2, 0.25) is 0 Å². The van der Waals surface area contributed by atoms with Crippen molar-refractivity contribution < 1.29 is 13.6 Å². The molecule has 0 heterocycles. The summed E-state index contributed by atoms with van der Waals surface area (Å²) in [4.78, 5) is 11.5. The first kappa shape index (κ1) is 12.4. The van der Waals surface area contributed by atoms with Crippen LogP contribution in [0.15, 0.2) is 0 Å². The molecule has 2 unspecified atom stereocenters. The topological polar surface area (TPSA) is 29.1 Å². The average molecular weight is 219 g/mol. The van der Waals surface area contributed by atoms with Gasteiger partial charge in [-0.2, -0.15) is 0 Å². The fourth-order valence-electron chi connectivity index (χ4n) is 1.82. The normalized spacial score (nSPS) is 27.1. The molecule has 1 amide bonds. The number of hydrogen-bond donors (Lipinski definition) is 1. The van der Waals surface area contributed by atoms with Gasteiger partial charge < -0.3 is 5.32 Å². The Labute approximate surface area is 89.4 Å². The Kier molecular flexibility index (Phi) is 4.05. The van der Waals surface area contributed by atoms with E-state index in [2.05, 4.69) is 5.32 Å². The van der Waals surface area contributed by atoms with Gasteiger partial charge in [0, 0.05) is 24.8 Å². The van der Waals surface area contributed by atoms with Gasteiger partial charge in [-0.05, 0) is 19.3 Å². The van der Waals surface area contributed by atoms with E-state index in [1.165, 1.54) is 0 Å². The van der Waals surface area contributed by atoms with Crippen molar-refractivity contribution in [2.75, 3.05) is 0 Å². The van der Waals surface area contributed by atoms with Gasteiger partial charge in [0.25, 0.3) is 0 Å². The summed E-state index contributed by atoms with van der Waals surface area (Å²) in [5.74, 6) is -2.77. The zero-order valence-electron chi connectivity index (χ0n) is 9.35. The highest BCUT2D eigenvalue weighted by atomic mass is 19.3. The minimum atomic E-state index is -2.59. The summed E-state index contributed by atoms with van der Waals surface area (Å²) >= 11 is 0. The molecule has 0 aliphatic heterocycles. The van der Waals surface area contributed by atoms with E-state index in [0.717, 1.165) is 6.42 Å². The van der Waals surface area contributed by atoms with E-state index in [1.54, 1.807) is 0 Å². The van der Waals surface area contributed by atoms with Crippen molar-refractivity contribution in [1.29, 1.82) is 0 Å². The van der Waals surface area contributed by atoms with Crippen molar-refractivity contribution >= 4 is 5.91 Å². The third kappa shape index (κ3) is 3.76. The lowest BCUT2D eigenvalue weighted by atomic mass is 9.91. The molecule has 1 N–H and O–H groups in total. The van der Waals surface area contributed by atoms with Crippen LogP contribution in [0.1, 0.15) is 46.0 Å². The molecule has 0 saturated heterocycles. The van der Waals surface area contributed by atoms with E-state index in [4.69, 9.17) is 0 Å². The highest BCUT2D eigenvalue weighted by Gasteiger charge is 2.36. The van der Waals surface area contributed by atoms with Crippen LogP contribution >= 0.6 is 0 Å². The van der Waals surface area contributed by atoms with Crippen molar-refractivity contribution in [3.05, 3.63) is 0 Å². The van der Waals surface area contributed by atoms with Gasteiger partial charge in [0.15, 0.2) is 0 Å². The Bertz CT molecular complexity index is 231. The number of carbonyl (C=O) groups is 1. The minimum Gasteiger partial charge on any atom is -0.353 e. The van der Waals surface area contributed by atoms with Crippen molar-refractivity contribution in [3.63, 3.8) is 0 Å². The van der Waals surface area contributed by atoms with Crippen LogP contribution in [-0.2, 0) is 4.79 Å². The molecule has 1 rings (SSSR count). The molecule has 2 nitrogen and oxygen atoms in total. The molecular formula is C11H19F2NO. The van der Waals surface area contributed by atoms with Crippen molar-refractivity contribution in [2.24, 2.45) is 5.92 Å². The molecule has 0 aromatic carbocycles. The monoisotopic (exact) mass is 219 g/mol. The van der Waals surface area contributed by atoms with Crippen LogP contribution in [0.25, 0.3) is 0 Å². The first-order valence-corrected chi connectivity index (χ1v) is 5.63. The summed E-state index contributed by atoms with van der Waals surface area (Å²) in [6.07, 6.45) is 1.68. The number of halogens is 2. The maximum absolute atomic E-state index is 13.0. The van der Waals surface area contributed by atoms with Crippen LogP contribution in [-0.4, -0.2) is 17.9 Å². The minimum absolute atomic E-state index is 0.0390. The number of hydrogen-bond acceptors (Lipinski definition) is 1. The molecule has 4 heteroatoms. The van der Waals surface area contributed by atoms with Crippen LogP contribution in [0.5, 0.6) is 0 Å². The van der Waals surface area contributed by atoms with Crippen LogP contribution in [0.3, 0.4) is 0 Å². The highest BCUT2D eigenvalue weighted by Crippen LogP contribution is 2.33. The van der Waals surface area contributed by atoms with Gasteiger partial charge in [-0.25, -0.2) is 8.78 Å². The van der Waals surface area contributed by atoms with E-state index in [-0.39, 0.29) is 30.7 Å². The fraction of sp³-hybridized carbons (Fsp3) is 0.909. The van der Waals surface area contributed by atoms with Crippen molar-refractivity contribution in [1.82, 2.24) is 5.32 Å². The van der Waals surface area contributed by atoms with E-state index in [0.29, 0.717) is 12.8 Å². The van der Waals surface area contributed by atoms with Crippen LogP contribution in [0, 0.1) is 5.92 Å². The van der Waals surface area contributed by atoms with Gasteiger partial charge in [-0.1, -0.05) is 13.8 Å². The van der Waals surface area contributed by atoms with Crippen molar-refractivity contribution in [2.45, 2.75) is 57.9 Å². The zero-order valence-corrected chi connectivity index (χ0v) is 9.35. The second-order valence-electron chi connectivity index (χ2n) is 4.47. The summed E-state index contributed by atoms with van der Waals surface area (Å²) in [5, 5.41) is 2.71. The van der Waals surface area contributed by atoms with Gasteiger partial charge >= 0.3 is 0 Å². The van der Waals surface area contributed by atoms with E-state index in [9.17, 15) is 13.6 Å². The summed E-state index contributed by atoms with van der Waals surface area (Å²) in [7, 11) is 0. The maximum atomic E-state index is 13.0. The Balaban J connectivity index is 2.41. The molecule has 1 aliphatic carbocycles. The number of amides is 1. The largest absolute Gasteiger partial charge is 0.353 e. The Morgan fingerprint density at radius 2 is 2.27 bits per heavy atom. The highest BCUT2D eigenvalue weighted by molar-refractivity contribution is 5.78. The van der Waals surface area contributed by atoms with Gasteiger partial charge in [-0.3, -0.25) is 4.79 Å². The zero-order chi connectivity index (χ0) is 11.5. The Morgan fingerprint density at radius 1 is 1.60 bits per heavy atom. The molecule has 1 saturated carbocycles. The maximum Gasteiger partial charge on any atom is 0.250 e. The molecule has 0 spiro atoms. The fourth-order valence-corrected chi connectivity index (χ4v) is 1.82. The van der Waals surface area contributed by atoms with Crippen LogP contribution in [0.4, 0.5) is 8.78 Å². The second kappa shape index (κ2) is 4.90. The smallest absolute Gasteiger partial charge is 0.250 e. The number of carbonyl (C=O) groups excluding carboxylic acids is 1. The molecule has 1 fully saturated rings. The summed E-state index contributed by atoms with van der Waals surface area (Å²) < 4.78 is 26.1. The predicted octanol–water partition coefficient (Wildman–Crippen LogP) is 2.73. The van der Waals surface area contributed by atoms with E-state index in [1.807, 2.05) is 13.8 Å². The standard InChI is InChI=1S/C11H19F2NO/c1-3-8(2)10(15)14-9-5-4-6-11(12,13)7-9/h8-9H,3-7H2,1-2H3,(H,14,15).